The molecule has 0 fully saturated rings. The lowest BCUT2D eigenvalue weighted by Crippen LogP contribution is -2.16. The molecule has 2 aromatic rings. The van der Waals surface area contributed by atoms with E-state index in [1.54, 1.807) is 11.3 Å². The van der Waals surface area contributed by atoms with Crippen molar-refractivity contribution in [2.24, 2.45) is 0 Å². The van der Waals surface area contributed by atoms with Crippen LogP contribution in [0.15, 0.2) is 24.3 Å². The molecular weight excluding hydrogens is 244 g/mol. The van der Waals surface area contributed by atoms with Crippen molar-refractivity contribution in [1.82, 2.24) is 9.88 Å². The summed E-state index contributed by atoms with van der Waals surface area (Å²) in [4.78, 5) is 7.93. The second-order valence-electron chi connectivity index (χ2n) is 4.38. The van der Waals surface area contributed by atoms with Crippen LogP contribution in [-0.4, -0.2) is 9.88 Å². The van der Waals surface area contributed by atoms with Gasteiger partial charge in [0.1, 0.15) is 0 Å². The lowest BCUT2D eigenvalue weighted by atomic mass is 10.1. The maximum atomic E-state index is 8.75. The van der Waals surface area contributed by atoms with E-state index in [9.17, 15) is 0 Å². The second kappa shape index (κ2) is 4.41. The zero-order valence-electron chi connectivity index (χ0n) is 9.76. The maximum Gasteiger partial charge on any atom is 0.180 e. The lowest BCUT2D eigenvalue weighted by Gasteiger charge is -2.14. The van der Waals surface area contributed by atoms with Crippen LogP contribution >= 0.6 is 11.3 Å². The van der Waals surface area contributed by atoms with Crippen molar-refractivity contribution in [3.05, 3.63) is 46.0 Å². The van der Waals surface area contributed by atoms with E-state index in [0.717, 1.165) is 25.3 Å². The molecular formula is C13H12N4S. The molecule has 90 valence electrons. The van der Waals surface area contributed by atoms with E-state index in [-0.39, 0.29) is 0 Å². The number of thiazole rings is 1. The molecule has 0 unspecified atom stereocenters. The van der Waals surface area contributed by atoms with Gasteiger partial charge in [0, 0.05) is 24.5 Å². The Morgan fingerprint density at radius 3 is 2.78 bits per heavy atom. The summed E-state index contributed by atoms with van der Waals surface area (Å²) in [5.41, 5.74) is 8.72. The summed E-state index contributed by atoms with van der Waals surface area (Å²) in [6.45, 7) is 2.67. The first-order chi connectivity index (χ1) is 8.74. The van der Waals surface area contributed by atoms with Crippen LogP contribution in [0.2, 0.25) is 0 Å². The number of hydrogen-bond acceptors (Lipinski definition) is 5. The van der Waals surface area contributed by atoms with Gasteiger partial charge in [0.25, 0.3) is 0 Å². The fraction of sp³-hybridized carbons (Fsp3) is 0.231. The van der Waals surface area contributed by atoms with Gasteiger partial charge in [0.15, 0.2) is 5.13 Å². The Bertz CT molecular complexity index is 585. The maximum absolute atomic E-state index is 8.75. The van der Waals surface area contributed by atoms with Gasteiger partial charge in [-0.15, -0.1) is 11.3 Å². The Kier molecular flexibility index (Phi) is 2.74. The molecule has 0 spiro atoms. The molecule has 5 heteroatoms. The van der Waals surface area contributed by atoms with Gasteiger partial charge in [-0.1, -0.05) is 12.1 Å². The number of aromatic nitrogens is 1. The Labute approximate surface area is 109 Å². The molecule has 0 aliphatic carbocycles. The summed E-state index contributed by atoms with van der Waals surface area (Å²) >= 11 is 1.58. The Hall–Kier alpha value is -1.90. The highest BCUT2D eigenvalue weighted by Gasteiger charge is 2.22. The molecule has 18 heavy (non-hydrogen) atoms. The van der Waals surface area contributed by atoms with Crippen molar-refractivity contribution < 1.29 is 0 Å². The summed E-state index contributed by atoms with van der Waals surface area (Å²) in [5.74, 6) is 0. The van der Waals surface area contributed by atoms with Crippen molar-refractivity contribution in [3.63, 3.8) is 0 Å². The summed E-state index contributed by atoms with van der Waals surface area (Å²) in [7, 11) is 0. The second-order valence-corrected chi connectivity index (χ2v) is 5.49. The molecule has 1 aliphatic rings. The van der Waals surface area contributed by atoms with Crippen LogP contribution < -0.4 is 5.73 Å². The highest BCUT2D eigenvalue weighted by atomic mass is 32.1. The van der Waals surface area contributed by atoms with E-state index in [1.807, 2.05) is 24.3 Å². The highest BCUT2D eigenvalue weighted by Crippen LogP contribution is 2.30. The Balaban J connectivity index is 1.68. The average molecular weight is 256 g/mol. The number of benzene rings is 1. The van der Waals surface area contributed by atoms with Gasteiger partial charge in [-0.3, -0.25) is 4.90 Å². The molecule has 0 atom stereocenters. The minimum Gasteiger partial charge on any atom is -0.375 e. The first-order valence-corrected chi connectivity index (χ1v) is 6.51. The van der Waals surface area contributed by atoms with Crippen LogP contribution in [0.4, 0.5) is 5.13 Å². The summed E-state index contributed by atoms with van der Waals surface area (Å²) < 4.78 is 0. The van der Waals surface area contributed by atoms with Crippen LogP contribution in [-0.2, 0) is 19.6 Å². The molecule has 0 bridgehead atoms. The minimum atomic E-state index is 0.665. The fourth-order valence-electron chi connectivity index (χ4n) is 2.18. The molecule has 3 rings (SSSR count). The zero-order chi connectivity index (χ0) is 12.5. The van der Waals surface area contributed by atoms with E-state index in [0.29, 0.717) is 10.7 Å². The predicted octanol–water partition coefficient (Wildman–Crippen LogP) is 2.11. The molecule has 1 aliphatic heterocycles. The van der Waals surface area contributed by atoms with Crippen molar-refractivity contribution in [2.75, 3.05) is 5.73 Å². The minimum absolute atomic E-state index is 0.665. The number of rotatable bonds is 2. The molecule has 0 radical (unpaired) electrons. The number of nitrogen functional groups attached to an aromatic ring is 1. The molecule has 0 amide bonds. The summed E-state index contributed by atoms with van der Waals surface area (Å²) in [5, 5.41) is 9.41. The standard InChI is InChI=1S/C13H12N4S/c14-5-9-1-3-10(4-2-9)6-17-7-11-12(8-17)18-13(15)16-11/h1-4H,6-8H2,(H2,15,16). The normalized spacial score (nSPS) is 14.4. The molecule has 0 saturated carbocycles. The quantitative estimate of drug-likeness (QED) is 0.893. The zero-order valence-corrected chi connectivity index (χ0v) is 10.6. The van der Waals surface area contributed by atoms with Gasteiger partial charge in [-0.2, -0.15) is 5.26 Å². The third-order valence-electron chi connectivity index (χ3n) is 3.02. The van der Waals surface area contributed by atoms with Crippen molar-refractivity contribution in [3.8, 4) is 6.07 Å². The SMILES string of the molecule is N#Cc1ccc(CN2Cc3nc(N)sc3C2)cc1. The fourth-order valence-corrected chi connectivity index (χ4v) is 3.06. The molecule has 4 nitrogen and oxygen atoms in total. The van der Waals surface area contributed by atoms with E-state index in [2.05, 4.69) is 16.0 Å². The summed E-state index contributed by atoms with van der Waals surface area (Å²) in [6.07, 6.45) is 0. The van der Waals surface area contributed by atoms with Gasteiger partial charge < -0.3 is 5.73 Å². The lowest BCUT2D eigenvalue weighted by molar-refractivity contribution is 0.275. The van der Waals surface area contributed by atoms with E-state index in [1.165, 1.54) is 10.4 Å². The van der Waals surface area contributed by atoms with Gasteiger partial charge in [-0.05, 0) is 17.7 Å². The van der Waals surface area contributed by atoms with E-state index in [4.69, 9.17) is 11.0 Å². The van der Waals surface area contributed by atoms with Crippen LogP contribution in [0.3, 0.4) is 0 Å². The van der Waals surface area contributed by atoms with Crippen LogP contribution in [0.5, 0.6) is 0 Å². The molecule has 1 aromatic carbocycles. The predicted molar refractivity (Wildman–Crippen MR) is 70.6 cm³/mol. The first kappa shape index (κ1) is 11.2. The van der Waals surface area contributed by atoms with Crippen LogP contribution in [0, 0.1) is 11.3 Å². The largest absolute Gasteiger partial charge is 0.375 e. The molecule has 1 aromatic heterocycles. The Morgan fingerprint density at radius 2 is 2.11 bits per heavy atom. The van der Waals surface area contributed by atoms with Crippen LogP contribution in [0.25, 0.3) is 0 Å². The van der Waals surface area contributed by atoms with Gasteiger partial charge in [-0.25, -0.2) is 4.98 Å². The molecule has 0 saturated heterocycles. The monoisotopic (exact) mass is 256 g/mol. The summed E-state index contributed by atoms with van der Waals surface area (Å²) in [6, 6.07) is 9.86. The molecule has 2 N–H and O–H groups in total. The van der Waals surface area contributed by atoms with E-state index >= 15 is 0 Å². The van der Waals surface area contributed by atoms with Crippen molar-refractivity contribution in [2.45, 2.75) is 19.6 Å². The van der Waals surface area contributed by atoms with Crippen LogP contribution in [0.1, 0.15) is 21.7 Å². The van der Waals surface area contributed by atoms with Gasteiger partial charge in [0.2, 0.25) is 0 Å². The number of anilines is 1. The van der Waals surface area contributed by atoms with E-state index < -0.39 is 0 Å². The third-order valence-corrected chi connectivity index (χ3v) is 3.94. The number of nitrogens with two attached hydrogens (primary N) is 1. The van der Waals surface area contributed by atoms with Crippen molar-refractivity contribution in [1.29, 1.82) is 5.26 Å². The smallest absolute Gasteiger partial charge is 0.180 e. The number of nitriles is 1. The Morgan fingerprint density at radius 1 is 1.33 bits per heavy atom. The highest BCUT2D eigenvalue weighted by molar-refractivity contribution is 7.15. The topological polar surface area (TPSA) is 65.9 Å². The first-order valence-electron chi connectivity index (χ1n) is 5.70. The number of fused-ring (bicyclic) bond motifs is 1. The number of hydrogen-bond donors (Lipinski definition) is 1. The van der Waals surface area contributed by atoms with Gasteiger partial charge >= 0.3 is 0 Å². The third kappa shape index (κ3) is 2.08. The van der Waals surface area contributed by atoms with Crippen molar-refractivity contribution >= 4 is 16.5 Å². The molecule has 2 heterocycles. The average Bonchev–Trinajstić information content (AvgIpc) is 2.86. The van der Waals surface area contributed by atoms with Gasteiger partial charge in [0.05, 0.1) is 17.3 Å². The number of nitrogens with zero attached hydrogens (tertiary/aromatic N) is 3.